The number of aryl methyl sites for hydroxylation is 1. The van der Waals surface area contributed by atoms with Crippen LogP contribution in [0.2, 0.25) is 0 Å². The fraction of sp³-hybridized carbons (Fsp3) is 0.500. The molecule has 1 rings (SSSR count). The molecule has 5 heteroatoms. The lowest BCUT2D eigenvalue weighted by molar-refractivity contribution is 0.942. The molecule has 72 valence electrons. The number of hydrogen-bond donors (Lipinski definition) is 2. The van der Waals surface area contributed by atoms with Gasteiger partial charge in [0.05, 0.1) is 4.58 Å². The van der Waals surface area contributed by atoms with Crippen molar-refractivity contribution >= 4 is 37.0 Å². The first kappa shape index (κ1) is 11.2. The molecule has 0 aromatic carbocycles. The normalized spacial score (nSPS) is 12.8. The van der Waals surface area contributed by atoms with Crippen molar-refractivity contribution in [2.45, 2.75) is 23.1 Å². The van der Waals surface area contributed by atoms with Crippen molar-refractivity contribution in [2.75, 3.05) is 5.75 Å². The van der Waals surface area contributed by atoms with E-state index in [-0.39, 0.29) is 4.58 Å². The van der Waals surface area contributed by atoms with Gasteiger partial charge < -0.3 is 0 Å². The lowest BCUT2D eigenvalue weighted by Crippen LogP contribution is -1.96. The Morgan fingerprint density at radius 3 is 2.62 bits per heavy atom. The molecule has 0 saturated heterocycles. The quantitative estimate of drug-likeness (QED) is 0.361. The van der Waals surface area contributed by atoms with Crippen LogP contribution >= 0.6 is 37.0 Å². The summed E-state index contributed by atoms with van der Waals surface area (Å²) in [6.45, 7) is 1.97. The molecule has 0 saturated carbocycles. The molecule has 1 aromatic rings. The van der Waals surface area contributed by atoms with E-state index in [4.69, 9.17) is 0 Å². The molecule has 1 unspecified atom stereocenters. The lowest BCUT2D eigenvalue weighted by Gasteiger charge is -2.06. The Balaban J connectivity index is 2.49. The van der Waals surface area contributed by atoms with Gasteiger partial charge in [0, 0.05) is 12.4 Å². The zero-order valence-corrected chi connectivity index (χ0v) is 9.95. The van der Waals surface area contributed by atoms with Crippen molar-refractivity contribution < 1.29 is 0 Å². The van der Waals surface area contributed by atoms with Crippen LogP contribution in [0.25, 0.3) is 0 Å². The summed E-state index contributed by atoms with van der Waals surface area (Å²) in [5.41, 5.74) is 1.08. The largest absolute Gasteiger partial charge is 0.231 e. The maximum absolute atomic E-state index is 4.38. The number of aromatic nitrogens is 2. The molecule has 0 amide bonds. The Morgan fingerprint density at radius 1 is 1.46 bits per heavy atom. The molecule has 0 bridgehead atoms. The summed E-state index contributed by atoms with van der Waals surface area (Å²) in [7, 11) is 0. The first-order valence-corrected chi connectivity index (χ1v) is 5.99. The second-order valence-corrected chi connectivity index (χ2v) is 5.22. The predicted molar refractivity (Wildman–Crippen MR) is 63.9 cm³/mol. The minimum absolute atomic E-state index is 0.236. The van der Waals surface area contributed by atoms with E-state index >= 15 is 0 Å². The second-order valence-electron chi connectivity index (χ2n) is 2.63. The summed E-state index contributed by atoms with van der Waals surface area (Å²) in [6, 6.07) is 0. The molecule has 0 fully saturated rings. The number of thioether (sulfide) groups is 1. The van der Waals surface area contributed by atoms with E-state index in [2.05, 4.69) is 35.2 Å². The van der Waals surface area contributed by atoms with Crippen molar-refractivity contribution in [2.24, 2.45) is 0 Å². The molecule has 2 nitrogen and oxygen atoms in total. The zero-order chi connectivity index (χ0) is 9.68. The molecule has 1 aromatic heterocycles. The van der Waals surface area contributed by atoms with Gasteiger partial charge in [-0.1, -0.05) is 11.8 Å². The lowest BCUT2D eigenvalue weighted by atomic mass is 10.4. The third-order valence-corrected chi connectivity index (χ3v) is 3.14. The van der Waals surface area contributed by atoms with Crippen molar-refractivity contribution in [3.8, 4) is 0 Å². The first-order valence-electron chi connectivity index (χ1n) is 3.96. The molecule has 0 aliphatic rings. The summed E-state index contributed by atoms with van der Waals surface area (Å²) in [5, 5.41) is 0.785. The summed E-state index contributed by atoms with van der Waals surface area (Å²) in [4.78, 5) is 8.36. The van der Waals surface area contributed by atoms with E-state index < -0.39 is 0 Å². The average Bonchev–Trinajstić information content (AvgIpc) is 2.09. The van der Waals surface area contributed by atoms with Crippen molar-refractivity contribution in [1.29, 1.82) is 0 Å². The van der Waals surface area contributed by atoms with Crippen LogP contribution in [0.3, 0.4) is 0 Å². The maximum atomic E-state index is 4.38. The van der Waals surface area contributed by atoms with Crippen LogP contribution in [0.4, 0.5) is 0 Å². The molecular formula is C8H12N2S3. The van der Waals surface area contributed by atoms with E-state index in [9.17, 15) is 0 Å². The van der Waals surface area contributed by atoms with Gasteiger partial charge in [0.1, 0.15) is 0 Å². The summed E-state index contributed by atoms with van der Waals surface area (Å²) < 4.78 is 0.236. The highest BCUT2D eigenvalue weighted by molar-refractivity contribution is 8.10. The van der Waals surface area contributed by atoms with Gasteiger partial charge >= 0.3 is 0 Å². The minimum Gasteiger partial charge on any atom is -0.231 e. The van der Waals surface area contributed by atoms with Gasteiger partial charge in [0.15, 0.2) is 5.16 Å². The fourth-order valence-electron chi connectivity index (χ4n) is 0.733. The predicted octanol–water partition coefficient (Wildman–Crippen LogP) is 2.45. The topological polar surface area (TPSA) is 25.8 Å². The Hall–Kier alpha value is 0.130. The van der Waals surface area contributed by atoms with Crippen LogP contribution < -0.4 is 0 Å². The van der Waals surface area contributed by atoms with E-state index in [1.165, 1.54) is 0 Å². The Kier molecular flexibility index (Phi) is 4.98. The number of rotatable bonds is 4. The van der Waals surface area contributed by atoms with Gasteiger partial charge in [-0.05, 0) is 24.7 Å². The minimum atomic E-state index is 0.236. The van der Waals surface area contributed by atoms with Gasteiger partial charge in [0.25, 0.3) is 0 Å². The second kappa shape index (κ2) is 5.78. The Labute approximate surface area is 93.8 Å². The number of thiol groups is 2. The standard InChI is InChI=1S/C8H12N2S3/c1-6-4-9-8(10-5-6)13-7(12)2-3-11/h4-5,7,11-12H,2-3H2,1H3. The molecule has 1 atom stereocenters. The molecular weight excluding hydrogens is 220 g/mol. The monoisotopic (exact) mass is 232 g/mol. The molecule has 0 aliphatic heterocycles. The third-order valence-electron chi connectivity index (χ3n) is 1.37. The highest BCUT2D eigenvalue weighted by Gasteiger charge is 2.05. The number of hydrogen-bond acceptors (Lipinski definition) is 5. The van der Waals surface area contributed by atoms with Crippen molar-refractivity contribution in [1.82, 2.24) is 9.97 Å². The SMILES string of the molecule is Cc1cnc(SC(S)CCS)nc1. The van der Waals surface area contributed by atoms with Gasteiger partial charge in [-0.25, -0.2) is 9.97 Å². The van der Waals surface area contributed by atoms with Crippen LogP contribution in [0.15, 0.2) is 17.6 Å². The van der Waals surface area contributed by atoms with Crippen LogP contribution in [-0.2, 0) is 0 Å². The van der Waals surface area contributed by atoms with Gasteiger partial charge in [-0.2, -0.15) is 25.3 Å². The smallest absolute Gasteiger partial charge is 0.188 e. The van der Waals surface area contributed by atoms with E-state index in [0.717, 1.165) is 22.9 Å². The summed E-state index contributed by atoms with van der Waals surface area (Å²) >= 11 is 10.1. The fourth-order valence-corrected chi connectivity index (χ4v) is 2.49. The van der Waals surface area contributed by atoms with Gasteiger partial charge in [0.2, 0.25) is 0 Å². The van der Waals surface area contributed by atoms with Crippen LogP contribution in [0, 0.1) is 6.92 Å². The molecule has 13 heavy (non-hydrogen) atoms. The first-order chi connectivity index (χ1) is 6.22. The van der Waals surface area contributed by atoms with Crippen LogP contribution in [-0.4, -0.2) is 20.3 Å². The summed E-state index contributed by atoms with van der Waals surface area (Å²) in [6.07, 6.45) is 4.58. The van der Waals surface area contributed by atoms with E-state index in [1.807, 2.05) is 19.3 Å². The van der Waals surface area contributed by atoms with Crippen LogP contribution in [0.5, 0.6) is 0 Å². The van der Waals surface area contributed by atoms with Gasteiger partial charge in [-0.15, -0.1) is 0 Å². The van der Waals surface area contributed by atoms with Crippen LogP contribution in [0.1, 0.15) is 12.0 Å². The molecule has 0 N–H and O–H groups in total. The number of nitrogens with zero attached hydrogens (tertiary/aromatic N) is 2. The van der Waals surface area contributed by atoms with E-state index in [0.29, 0.717) is 0 Å². The maximum Gasteiger partial charge on any atom is 0.188 e. The Morgan fingerprint density at radius 2 is 2.08 bits per heavy atom. The highest BCUT2D eigenvalue weighted by atomic mass is 32.2. The highest BCUT2D eigenvalue weighted by Crippen LogP contribution is 2.24. The molecule has 0 aliphatic carbocycles. The van der Waals surface area contributed by atoms with E-state index in [1.54, 1.807) is 11.8 Å². The molecule has 0 spiro atoms. The molecule has 1 heterocycles. The third kappa shape index (κ3) is 4.24. The summed E-state index contributed by atoms with van der Waals surface area (Å²) in [5.74, 6) is 0.840. The van der Waals surface area contributed by atoms with Crippen molar-refractivity contribution in [3.63, 3.8) is 0 Å². The zero-order valence-electron chi connectivity index (χ0n) is 7.34. The Bertz CT molecular complexity index is 250. The van der Waals surface area contributed by atoms with Gasteiger partial charge in [-0.3, -0.25) is 0 Å². The average molecular weight is 232 g/mol. The molecule has 0 radical (unpaired) electrons. The van der Waals surface area contributed by atoms with Crippen molar-refractivity contribution in [3.05, 3.63) is 18.0 Å².